The van der Waals surface area contributed by atoms with E-state index in [-0.39, 0.29) is 24.3 Å². The van der Waals surface area contributed by atoms with Crippen molar-refractivity contribution in [1.29, 1.82) is 0 Å². The Morgan fingerprint density at radius 3 is 2.71 bits per heavy atom. The van der Waals surface area contributed by atoms with Crippen LogP contribution in [0.1, 0.15) is 33.8 Å². The largest absolute Gasteiger partial charge is 0.506 e. The summed E-state index contributed by atoms with van der Waals surface area (Å²) >= 11 is 0. The van der Waals surface area contributed by atoms with Crippen molar-refractivity contribution in [1.82, 2.24) is 4.98 Å². The fourth-order valence-corrected chi connectivity index (χ4v) is 3.06. The summed E-state index contributed by atoms with van der Waals surface area (Å²) in [5.41, 5.74) is 4.63. The fourth-order valence-electron chi connectivity index (χ4n) is 3.06. The molecule has 28 heavy (non-hydrogen) atoms. The number of esters is 1. The highest BCUT2D eigenvalue weighted by Crippen LogP contribution is 2.45. The van der Waals surface area contributed by atoms with Gasteiger partial charge in [-0.3, -0.25) is 9.59 Å². The normalized spacial score (nSPS) is 13.1. The Bertz CT molecular complexity index is 998. The number of pyridine rings is 1. The molecule has 148 valence electrons. The maximum atomic E-state index is 12.5. The number of primary amides is 1. The molecule has 0 spiro atoms. The van der Waals surface area contributed by atoms with Gasteiger partial charge < -0.3 is 34.8 Å². The van der Waals surface area contributed by atoms with Gasteiger partial charge >= 0.3 is 5.97 Å². The van der Waals surface area contributed by atoms with E-state index in [9.17, 15) is 19.5 Å². The SMILES string of the molecule is COC(=O)c1c[nH]c(=O)c(C(CC(N)=O)c2cc(OC)c3c(c2)OCO3)c1O. The molecule has 1 aromatic carbocycles. The Balaban J connectivity index is 2.22. The van der Waals surface area contributed by atoms with Crippen molar-refractivity contribution < 1.29 is 33.6 Å². The maximum absolute atomic E-state index is 12.5. The van der Waals surface area contributed by atoms with E-state index < -0.39 is 29.1 Å². The summed E-state index contributed by atoms with van der Waals surface area (Å²) in [6.07, 6.45) is 0.721. The first-order valence-electron chi connectivity index (χ1n) is 8.16. The third kappa shape index (κ3) is 3.31. The molecule has 1 aromatic heterocycles. The molecule has 0 radical (unpaired) electrons. The standard InChI is InChI=1S/C18H18N2O8/c1-25-11-3-8(4-12-16(11)28-7-27-12)9(5-13(19)21)14-15(22)10(18(24)26-2)6-20-17(14)23/h3-4,6,9H,5,7H2,1-2H3,(H2,19,21)(H2,20,22,23). The zero-order chi connectivity index (χ0) is 20.4. The third-order valence-electron chi connectivity index (χ3n) is 4.34. The van der Waals surface area contributed by atoms with E-state index in [0.29, 0.717) is 22.8 Å². The number of methoxy groups -OCH3 is 2. The quantitative estimate of drug-likeness (QED) is 0.607. The summed E-state index contributed by atoms with van der Waals surface area (Å²) in [6.45, 7) is -0.0146. The van der Waals surface area contributed by atoms with Gasteiger partial charge in [0.2, 0.25) is 18.4 Å². The van der Waals surface area contributed by atoms with E-state index in [2.05, 4.69) is 9.72 Å². The van der Waals surface area contributed by atoms with Crippen LogP contribution in [-0.2, 0) is 9.53 Å². The number of nitrogens with two attached hydrogens (primary N) is 1. The summed E-state index contributed by atoms with van der Waals surface area (Å²) in [7, 11) is 2.56. The van der Waals surface area contributed by atoms with Gasteiger partial charge in [0.1, 0.15) is 11.3 Å². The molecular weight excluding hydrogens is 372 g/mol. The smallest absolute Gasteiger partial charge is 0.343 e. The van der Waals surface area contributed by atoms with Crippen molar-refractivity contribution in [2.24, 2.45) is 5.73 Å². The molecule has 1 unspecified atom stereocenters. The van der Waals surface area contributed by atoms with Crippen LogP contribution in [-0.4, -0.2) is 43.0 Å². The number of benzene rings is 1. The van der Waals surface area contributed by atoms with Gasteiger partial charge in [0.25, 0.3) is 5.56 Å². The highest BCUT2D eigenvalue weighted by atomic mass is 16.7. The van der Waals surface area contributed by atoms with E-state index in [1.807, 2.05) is 0 Å². The van der Waals surface area contributed by atoms with Crippen LogP contribution in [0.2, 0.25) is 0 Å². The first-order valence-corrected chi connectivity index (χ1v) is 8.16. The Labute approximate surface area is 158 Å². The Hall–Kier alpha value is -3.69. The highest BCUT2D eigenvalue weighted by molar-refractivity contribution is 5.92. The Morgan fingerprint density at radius 1 is 1.32 bits per heavy atom. The lowest BCUT2D eigenvalue weighted by Gasteiger charge is -2.19. The zero-order valence-corrected chi connectivity index (χ0v) is 15.1. The minimum absolute atomic E-state index is 0.0146. The number of hydrogen-bond acceptors (Lipinski definition) is 8. The van der Waals surface area contributed by atoms with Crippen molar-refractivity contribution in [2.75, 3.05) is 21.0 Å². The van der Waals surface area contributed by atoms with Gasteiger partial charge in [-0.2, -0.15) is 0 Å². The van der Waals surface area contributed by atoms with Gasteiger partial charge in [0.05, 0.1) is 19.8 Å². The van der Waals surface area contributed by atoms with E-state index in [0.717, 1.165) is 13.3 Å². The van der Waals surface area contributed by atoms with Crippen molar-refractivity contribution in [3.63, 3.8) is 0 Å². The second kappa shape index (κ2) is 7.51. The number of rotatable bonds is 6. The second-order valence-corrected chi connectivity index (χ2v) is 5.97. The van der Waals surface area contributed by atoms with E-state index in [1.165, 1.54) is 7.11 Å². The third-order valence-corrected chi connectivity index (χ3v) is 4.34. The number of carbonyl (C=O) groups excluding carboxylic acids is 2. The van der Waals surface area contributed by atoms with Crippen molar-refractivity contribution in [2.45, 2.75) is 12.3 Å². The summed E-state index contributed by atoms with van der Waals surface area (Å²) in [5.74, 6) is -2.10. The molecule has 2 aromatic rings. The van der Waals surface area contributed by atoms with Crippen LogP contribution in [0.25, 0.3) is 0 Å². The number of aromatic amines is 1. The molecule has 10 nitrogen and oxygen atoms in total. The predicted molar refractivity (Wildman–Crippen MR) is 94.8 cm³/mol. The molecule has 1 amide bonds. The van der Waals surface area contributed by atoms with E-state index in [1.54, 1.807) is 12.1 Å². The van der Waals surface area contributed by atoms with Crippen LogP contribution >= 0.6 is 0 Å². The zero-order valence-electron chi connectivity index (χ0n) is 15.1. The molecule has 4 N–H and O–H groups in total. The molecule has 1 atom stereocenters. The molecule has 10 heteroatoms. The highest BCUT2D eigenvalue weighted by Gasteiger charge is 2.30. The van der Waals surface area contributed by atoms with Gasteiger partial charge in [0, 0.05) is 18.5 Å². The fraction of sp³-hybridized carbons (Fsp3) is 0.278. The number of aromatic nitrogens is 1. The molecule has 1 aliphatic heterocycles. The molecule has 2 heterocycles. The second-order valence-electron chi connectivity index (χ2n) is 5.97. The number of nitrogens with one attached hydrogen (secondary N) is 1. The number of fused-ring (bicyclic) bond motifs is 1. The molecule has 0 aliphatic carbocycles. The minimum Gasteiger partial charge on any atom is -0.506 e. The van der Waals surface area contributed by atoms with Gasteiger partial charge in [-0.15, -0.1) is 0 Å². The molecule has 0 saturated heterocycles. The summed E-state index contributed by atoms with van der Waals surface area (Å²) < 4.78 is 20.6. The molecule has 0 fully saturated rings. The van der Waals surface area contributed by atoms with Gasteiger partial charge in [-0.1, -0.05) is 0 Å². The van der Waals surface area contributed by atoms with E-state index >= 15 is 0 Å². The predicted octanol–water partition coefficient (Wildman–Crippen LogP) is 0.612. The van der Waals surface area contributed by atoms with Crippen LogP contribution in [0.3, 0.4) is 0 Å². The lowest BCUT2D eigenvalue weighted by Crippen LogP contribution is -2.24. The average Bonchev–Trinajstić information content (AvgIpc) is 3.14. The first-order chi connectivity index (χ1) is 13.4. The van der Waals surface area contributed by atoms with Crippen LogP contribution in [0.4, 0.5) is 0 Å². The van der Waals surface area contributed by atoms with Crippen molar-refractivity contribution in [3.8, 4) is 23.0 Å². The van der Waals surface area contributed by atoms with Crippen molar-refractivity contribution in [3.05, 3.63) is 45.4 Å². The van der Waals surface area contributed by atoms with Gasteiger partial charge in [-0.25, -0.2) is 4.79 Å². The molecule has 1 aliphatic rings. The molecule has 3 rings (SSSR count). The van der Waals surface area contributed by atoms with Crippen LogP contribution in [0.15, 0.2) is 23.1 Å². The number of carbonyl (C=O) groups is 2. The average molecular weight is 390 g/mol. The van der Waals surface area contributed by atoms with Crippen LogP contribution in [0.5, 0.6) is 23.0 Å². The van der Waals surface area contributed by atoms with Crippen molar-refractivity contribution >= 4 is 11.9 Å². The maximum Gasteiger partial charge on any atom is 0.343 e. The monoisotopic (exact) mass is 390 g/mol. The summed E-state index contributed by atoms with van der Waals surface area (Å²) in [5, 5.41) is 10.6. The summed E-state index contributed by atoms with van der Waals surface area (Å²) in [4.78, 5) is 38.4. The molecule has 0 saturated carbocycles. The van der Waals surface area contributed by atoms with E-state index in [4.69, 9.17) is 19.9 Å². The summed E-state index contributed by atoms with van der Waals surface area (Å²) in [6, 6.07) is 3.10. The van der Waals surface area contributed by atoms with Gasteiger partial charge in [0.15, 0.2) is 11.5 Å². The number of amides is 1. The number of hydrogen-bond donors (Lipinski definition) is 3. The molecular formula is C18H18N2O8. The first kappa shape index (κ1) is 19.1. The lowest BCUT2D eigenvalue weighted by molar-refractivity contribution is -0.118. The lowest BCUT2D eigenvalue weighted by atomic mass is 9.87. The number of aromatic hydroxyl groups is 1. The Morgan fingerprint density at radius 2 is 2.07 bits per heavy atom. The Kier molecular flexibility index (Phi) is 5.12. The van der Waals surface area contributed by atoms with Crippen LogP contribution in [0, 0.1) is 0 Å². The van der Waals surface area contributed by atoms with Crippen LogP contribution < -0.4 is 25.5 Å². The molecule has 0 bridgehead atoms. The topological polar surface area (TPSA) is 150 Å². The number of H-pyrrole nitrogens is 1. The minimum atomic E-state index is -0.978. The van der Waals surface area contributed by atoms with Gasteiger partial charge in [-0.05, 0) is 17.7 Å². The number of ether oxygens (including phenoxy) is 4.